The van der Waals surface area contributed by atoms with Crippen molar-refractivity contribution in [3.05, 3.63) is 6.33 Å². The van der Waals surface area contributed by atoms with E-state index in [1.165, 1.54) is 0 Å². The Hall–Kier alpha value is -0.550. The van der Waals surface area contributed by atoms with E-state index in [9.17, 15) is 0 Å². The molecular weight excluding hydrogens is 160 g/mol. The molecule has 0 fully saturated rings. The van der Waals surface area contributed by atoms with Crippen molar-refractivity contribution in [2.45, 2.75) is 5.16 Å². The van der Waals surface area contributed by atoms with Crippen LogP contribution in [-0.4, -0.2) is 34.1 Å². The minimum absolute atomic E-state index is 0.972. The fraction of sp³-hybridized carbons (Fsp3) is 0.667. The minimum atomic E-state index is 0.972. The van der Waals surface area contributed by atoms with Gasteiger partial charge >= 0.3 is 0 Å². The predicted octanol–water partition coefficient (Wildman–Crippen LogP) is 0.127. The van der Waals surface area contributed by atoms with E-state index in [1.807, 2.05) is 14.1 Å². The Morgan fingerprint density at radius 3 is 3.09 bits per heavy atom. The molecule has 1 heterocycles. The van der Waals surface area contributed by atoms with Crippen LogP contribution >= 0.6 is 11.8 Å². The zero-order valence-electron chi connectivity index (χ0n) is 6.74. The van der Waals surface area contributed by atoms with Crippen LogP contribution in [0.2, 0.25) is 0 Å². The maximum Gasteiger partial charge on any atom is 0.185 e. The smallest absolute Gasteiger partial charge is 0.185 e. The van der Waals surface area contributed by atoms with E-state index in [-0.39, 0.29) is 0 Å². The Balaban J connectivity index is 2.32. The van der Waals surface area contributed by atoms with Crippen LogP contribution in [0.25, 0.3) is 0 Å². The molecule has 4 nitrogen and oxygen atoms in total. The van der Waals surface area contributed by atoms with Gasteiger partial charge in [-0.3, -0.25) is 0 Å². The fourth-order valence-electron chi connectivity index (χ4n) is 0.661. The first kappa shape index (κ1) is 8.55. The van der Waals surface area contributed by atoms with Crippen LogP contribution in [0.15, 0.2) is 11.5 Å². The van der Waals surface area contributed by atoms with E-state index in [0.717, 1.165) is 17.5 Å². The van der Waals surface area contributed by atoms with E-state index in [4.69, 9.17) is 0 Å². The lowest BCUT2D eigenvalue weighted by Crippen LogP contribution is -2.10. The highest BCUT2D eigenvalue weighted by molar-refractivity contribution is 7.99. The number of aromatic nitrogens is 3. The number of hydrogen-bond donors (Lipinski definition) is 1. The molecule has 0 bridgehead atoms. The molecule has 1 aromatic rings. The van der Waals surface area contributed by atoms with Gasteiger partial charge in [-0.2, -0.15) is 5.10 Å². The highest BCUT2D eigenvalue weighted by Gasteiger charge is 1.98. The SMILES string of the molecule is CNCCSc1ncnn1C. The van der Waals surface area contributed by atoms with E-state index >= 15 is 0 Å². The van der Waals surface area contributed by atoms with Gasteiger partial charge in [0, 0.05) is 19.3 Å². The number of hydrogen-bond acceptors (Lipinski definition) is 4. The number of rotatable bonds is 4. The van der Waals surface area contributed by atoms with Crippen molar-refractivity contribution in [2.75, 3.05) is 19.3 Å². The zero-order valence-corrected chi connectivity index (χ0v) is 7.56. The Morgan fingerprint density at radius 1 is 1.73 bits per heavy atom. The van der Waals surface area contributed by atoms with Crippen LogP contribution in [0.1, 0.15) is 0 Å². The summed E-state index contributed by atoms with van der Waals surface area (Å²) in [5, 5.41) is 8.00. The maximum atomic E-state index is 4.07. The summed E-state index contributed by atoms with van der Waals surface area (Å²) >= 11 is 1.71. The first-order chi connectivity index (χ1) is 5.34. The molecule has 0 aliphatic heterocycles. The van der Waals surface area contributed by atoms with Gasteiger partial charge in [0.25, 0.3) is 0 Å². The lowest BCUT2D eigenvalue weighted by Gasteiger charge is -1.98. The van der Waals surface area contributed by atoms with Crippen molar-refractivity contribution in [3.63, 3.8) is 0 Å². The molecule has 0 aliphatic carbocycles. The normalized spacial score (nSPS) is 10.4. The van der Waals surface area contributed by atoms with Crippen molar-refractivity contribution >= 4 is 11.8 Å². The predicted molar refractivity (Wildman–Crippen MR) is 45.7 cm³/mol. The molecule has 0 saturated carbocycles. The first-order valence-corrected chi connectivity index (χ1v) is 4.44. The number of nitrogens with one attached hydrogen (secondary N) is 1. The van der Waals surface area contributed by atoms with Crippen LogP contribution in [0, 0.1) is 0 Å². The van der Waals surface area contributed by atoms with Crippen molar-refractivity contribution in [1.82, 2.24) is 20.1 Å². The van der Waals surface area contributed by atoms with Crippen LogP contribution < -0.4 is 5.32 Å². The molecule has 0 radical (unpaired) electrons. The van der Waals surface area contributed by atoms with Crippen LogP contribution in [0.3, 0.4) is 0 Å². The van der Waals surface area contributed by atoms with Crippen molar-refractivity contribution in [1.29, 1.82) is 0 Å². The van der Waals surface area contributed by atoms with Crippen molar-refractivity contribution in [3.8, 4) is 0 Å². The van der Waals surface area contributed by atoms with Crippen LogP contribution in [-0.2, 0) is 7.05 Å². The molecule has 0 aliphatic rings. The van der Waals surface area contributed by atoms with Gasteiger partial charge in [0.15, 0.2) is 5.16 Å². The summed E-state index contributed by atoms with van der Waals surface area (Å²) in [4.78, 5) is 4.07. The number of thioether (sulfide) groups is 1. The Morgan fingerprint density at radius 2 is 2.55 bits per heavy atom. The zero-order chi connectivity index (χ0) is 8.10. The van der Waals surface area contributed by atoms with E-state index in [1.54, 1.807) is 22.8 Å². The molecule has 0 spiro atoms. The molecule has 1 aromatic heterocycles. The third-order valence-electron chi connectivity index (χ3n) is 1.25. The minimum Gasteiger partial charge on any atom is -0.319 e. The summed E-state index contributed by atoms with van der Waals surface area (Å²) in [7, 11) is 3.84. The average molecular weight is 172 g/mol. The van der Waals surface area contributed by atoms with Crippen molar-refractivity contribution < 1.29 is 0 Å². The van der Waals surface area contributed by atoms with E-state index in [2.05, 4.69) is 15.4 Å². The third-order valence-corrected chi connectivity index (χ3v) is 2.29. The summed E-state index contributed by atoms with van der Waals surface area (Å²) in [6.45, 7) is 0.998. The molecule has 5 heteroatoms. The number of aryl methyl sites for hydroxylation is 1. The lowest BCUT2D eigenvalue weighted by atomic mass is 10.8. The van der Waals surface area contributed by atoms with Crippen LogP contribution in [0.5, 0.6) is 0 Å². The van der Waals surface area contributed by atoms with Gasteiger partial charge in [-0.1, -0.05) is 11.8 Å². The Bertz CT molecular complexity index is 210. The monoisotopic (exact) mass is 172 g/mol. The topological polar surface area (TPSA) is 42.7 Å². The highest BCUT2D eigenvalue weighted by atomic mass is 32.2. The summed E-state index contributed by atoms with van der Waals surface area (Å²) in [6, 6.07) is 0. The first-order valence-electron chi connectivity index (χ1n) is 3.46. The second-order valence-electron chi connectivity index (χ2n) is 2.12. The molecule has 0 atom stereocenters. The second-order valence-corrected chi connectivity index (χ2v) is 3.18. The summed E-state index contributed by atoms with van der Waals surface area (Å²) < 4.78 is 1.78. The molecule has 1 rings (SSSR count). The second kappa shape index (κ2) is 4.35. The molecule has 0 aromatic carbocycles. The molecule has 0 unspecified atom stereocenters. The summed E-state index contributed by atoms with van der Waals surface area (Å²) in [5.41, 5.74) is 0. The van der Waals surface area contributed by atoms with Gasteiger partial charge in [0.2, 0.25) is 0 Å². The molecule has 11 heavy (non-hydrogen) atoms. The average Bonchev–Trinajstić information content (AvgIpc) is 2.37. The molecule has 1 N–H and O–H groups in total. The number of nitrogens with zero attached hydrogens (tertiary/aromatic N) is 3. The highest BCUT2D eigenvalue weighted by Crippen LogP contribution is 2.11. The van der Waals surface area contributed by atoms with Gasteiger partial charge in [0.05, 0.1) is 0 Å². The van der Waals surface area contributed by atoms with Gasteiger partial charge in [-0.25, -0.2) is 9.67 Å². The van der Waals surface area contributed by atoms with E-state index in [0.29, 0.717) is 0 Å². The third kappa shape index (κ3) is 2.51. The molecule has 0 saturated heterocycles. The van der Waals surface area contributed by atoms with Crippen LogP contribution in [0.4, 0.5) is 0 Å². The van der Waals surface area contributed by atoms with Gasteiger partial charge < -0.3 is 5.32 Å². The standard InChI is InChI=1S/C6H12N4S/c1-7-3-4-11-6-8-5-9-10(6)2/h5,7H,3-4H2,1-2H3. The van der Waals surface area contributed by atoms with Gasteiger partial charge in [0.1, 0.15) is 6.33 Å². The summed E-state index contributed by atoms with van der Waals surface area (Å²) in [5.74, 6) is 1.03. The largest absolute Gasteiger partial charge is 0.319 e. The molecule has 62 valence electrons. The Labute approximate surface area is 70.4 Å². The Kier molecular flexibility index (Phi) is 3.38. The molecule has 0 amide bonds. The quantitative estimate of drug-likeness (QED) is 0.518. The fourth-order valence-corrected chi connectivity index (χ4v) is 1.51. The molecular formula is C6H12N4S. The maximum absolute atomic E-state index is 4.07. The van der Waals surface area contributed by atoms with Crippen molar-refractivity contribution in [2.24, 2.45) is 7.05 Å². The lowest BCUT2D eigenvalue weighted by molar-refractivity contribution is 0.684. The van der Waals surface area contributed by atoms with Gasteiger partial charge in [-0.05, 0) is 7.05 Å². The summed E-state index contributed by atoms with van der Waals surface area (Å²) in [6.07, 6.45) is 1.57. The van der Waals surface area contributed by atoms with E-state index < -0.39 is 0 Å². The van der Waals surface area contributed by atoms with Gasteiger partial charge in [-0.15, -0.1) is 0 Å².